The van der Waals surface area contributed by atoms with Crippen molar-refractivity contribution in [2.24, 2.45) is 0 Å². The van der Waals surface area contributed by atoms with Crippen LogP contribution in [0.4, 0.5) is 0 Å². The molecule has 2 aromatic rings. The number of hydrogen-bond donors (Lipinski definition) is 0. The molecular weight excluding hydrogens is 308 g/mol. The highest BCUT2D eigenvalue weighted by molar-refractivity contribution is 5.38. The molecule has 0 saturated heterocycles. The van der Waals surface area contributed by atoms with Crippen molar-refractivity contribution in [3.05, 3.63) is 83.5 Å². The van der Waals surface area contributed by atoms with Gasteiger partial charge in [-0.15, -0.1) is 0 Å². The molecule has 1 aliphatic rings. The van der Waals surface area contributed by atoms with E-state index < -0.39 is 0 Å². The summed E-state index contributed by atoms with van der Waals surface area (Å²) in [7, 11) is 0. The molecule has 2 aromatic carbocycles. The summed E-state index contributed by atoms with van der Waals surface area (Å²) in [5.41, 5.74) is 3.54. The van der Waals surface area contributed by atoms with Gasteiger partial charge in [-0.25, -0.2) is 0 Å². The van der Waals surface area contributed by atoms with E-state index in [9.17, 15) is 0 Å². The summed E-state index contributed by atoms with van der Waals surface area (Å²) in [6.07, 6.45) is 8.82. The predicted molar refractivity (Wildman–Crippen MR) is 105 cm³/mol. The summed E-state index contributed by atoms with van der Waals surface area (Å²) < 4.78 is 11.8. The molecule has 2 heteroatoms. The first-order valence-electron chi connectivity index (χ1n) is 9.06. The van der Waals surface area contributed by atoms with E-state index in [2.05, 4.69) is 37.3 Å². The van der Waals surface area contributed by atoms with Crippen molar-refractivity contribution >= 4 is 0 Å². The van der Waals surface area contributed by atoms with Crippen molar-refractivity contribution in [1.29, 1.82) is 0 Å². The van der Waals surface area contributed by atoms with Gasteiger partial charge < -0.3 is 9.47 Å². The molecule has 1 aliphatic carbocycles. The average Bonchev–Trinajstić information content (AvgIpc) is 2.68. The van der Waals surface area contributed by atoms with Crippen LogP contribution in [0.3, 0.4) is 0 Å². The maximum absolute atomic E-state index is 5.92. The highest BCUT2D eigenvalue weighted by Crippen LogP contribution is 2.24. The highest BCUT2D eigenvalue weighted by atomic mass is 16.5. The first kappa shape index (κ1) is 18.9. The van der Waals surface area contributed by atoms with Crippen molar-refractivity contribution in [3.8, 4) is 11.5 Å². The first-order valence-corrected chi connectivity index (χ1v) is 9.06. The van der Waals surface area contributed by atoms with Gasteiger partial charge >= 0.3 is 0 Å². The van der Waals surface area contributed by atoms with Gasteiger partial charge in [-0.3, -0.25) is 0 Å². The molecule has 0 spiro atoms. The van der Waals surface area contributed by atoms with Gasteiger partial charge in [0.1, 0.15) is 24.7 Å². The second-order valence-electron chi connectivity index (χ2n) is 5.80. The molecule has 3 rings (SSSR count). The molecule has 0 aliphatic heterocycles. The van der Waals surface area contributed by atoms with E-state index in [1.807, 2.05) is 50.2 Å². The summed E-state index contributed by atoms with van der Waals surface area (Å²) in [6.45, 7) is 7.23. The minimum Gasteiger partial charge on any atom is -0.489 e. The average molecular weight is 336 g/mol. The van der Waals surface area contributed by atoms with E-state index in [4.69, 9.17) is 9.47 Å². The summed E-state index contributed by atoms with van der Waals surface area (Å²) in [5.74, 6) is 1.70. The van der Waals surface area contributed by atoms with Gasteiger partial charge in [0, 0.05) is 6.07 Å². The summed E-state index contributed by atoms with van der Waals surface area (Å²) in [4.78, 5) is 0. The van der Waals surface area contributed by atoms with E-state index in [-0.39, 0.29) is 0 Å². The monoisotopic (exact) mass is 336 g/mol. The lowest BCUT2D eigenvalue weighted by Gasteiger charge is -2.12. The zero-order valence-electron chi connectivity index (χ0n) is 15.5. The summed E-state index contributed by atoms with van der Waals surface area (Å²) in [5, 5.41) is 0. The Labute approximate surface area is 151 Å². The molecule has 2 nitrogen and oxygen atoms in total. The van der Waals surface area contributed by atoms with E-state index in [1.54, 1.807) is 0 Å². The van der Waals surface area contributed by atoms with Crippen LogP contribution in [0.2, 0.25) is 0 Å². The van der Waals surface area contributed by atoms with Gasteiger partial charge in [-0.1, -0.05) is 62.4 Å². The SMILES string of the molecule is CC.Cc1cc(OCC2=CCCC=C2)cc(OCc2ccccc2)c1. The van der Waals surface area contributed by atoms with Gasteiger partial charge in [-0.05, 0) is 48.6 Å². The fourth-order valence-electron chi connectivity index (χ4n) is 2.56. The van der Waals surface area contributed by atoms with Gasteiger partial charge in [0.15, 0.2) is 0 Å². The van der Waals surface area contributed by atoms with Gasteiger partial charge in [0.05, 0.1) is 0 Å². The zero-order valence-corrected chi connectivity index (χ0v) is 15.5. The fourth-order valence-corrected chi connectivity index (χ4v) is 2.56. The largest absolute Gasteiger partial charge is 0.489 e. The molecule has 0 saturated carbocycles. The Balaban J connectivity index is 0.00000109. The Hall–Kier alpha value is -2.48. The molecular formula is C23H28O2. The van der Waals surface area contributed by atoms with Crippen molar-refractivity contribution in [2.75, 3.05) is 6.61 Å². The van der Waals surface area contributed by atoms with Crippen LogP contribution < -0.4 is 9.47 Å². The number of ether oxygens (including phenoxy) is 2. The molecule has 132 valence electrons. The van der Waals surface area contributed by atoms with E-state index in [0.717, 1.165) is 35.5 Å². The molecule has 0 fully saturated rings. The highest BCUT2D eigenvalue weighted by Gasteiger charge is 2.04. The van der Waals surface area contributed by atoms with Crippen molar-refractivity contribution in [2.45, 2.75) is 40.2 Å². The standard InChI is InChI=1S/C21H22O2.C2H6/c1-17-12-20(22-15-18-8-4-2-5-9-18)14-21(13-17)23-16-19-10-6-3-7-11-19;1-2/h2,4-6,8-14H,3,7,15-16H2,1H3;1-2H3. The quantitative estimate of drug-likeness (QED) is 0.620. The number of benzene rings is 2. The molecule has 0 bridgehead atoms. The van der Waals surface area contributed by atoms with Crippen LogP contribution in [0.5, 0.6) is 11.5 Å². The second kappa shape index (κ2) is 10.4. The maximum Gasteiger partial charge on any atom is 0.123 e. The van der Waals surface area contributed by atoms with E-state index in [1.165, 1.54) is 5.57 Å². The molecule has 0 N–H and O–H groups in total. The Kier molecular flexibility index (Phi) is 7.84. The first-order chi connectivity index (χ1) is 12.3. The number of hydrogen-bond acceptors (Lipinski definition) is 2. The Morgan fingerprint density at radius 1 is 0.840 bits per heavy atom. The maximum atomic E-state index is 5.92. The van der Waals surface area contributed by atoms with Gasteiger partial charge in [0.25, 0.3) is 0 Å². The molecule has 0 unspecified atom stereocenters. The zero-order chi connectivity index (χ0) is 17.9. The number of aryl methyl sites for hydroxylation is 1. The second-order valence-corrected chi connectivity index (χ2v) is 5.80. The van der Waals surface area contributed by atoms with Crippen molar-refractivity contribution in [1.82, 2.24) is 0 Å². The van der Waals surface area contributed by atoms with Crippen LogP contribution in [0.15, 0.2) is 72.3 Å². The third-order valence-corrected chi connectivity index (χ3v) is 3.75. The molecule has 0 aromatic heterocycles. The minimum absolute atomic E-state index is 0.567. The molecule has 0 atom stereocenters. The summed E-state index contributed by atoms with van der Waals surface area (Å²) in [6, 6.07) is 16.2. The normalized spacial score (nSPS) is 12.7. The topological polar surface area (TPSA) is 18.5 Å². The van der Waals surface area contributed by atoms with Crippen molar-refractivity contribution in [3.63, 3.8) is 0 Å². The lowest BCUT2D eigenvalue weighted by atomic mass is 10.1. The van der Waals surface area contributed by atoms with E-state index in [0.29, 0.717) is 13.2 Å². The number of rotatable bonds is 6. The van der Waals surface area contributed by atoms with Crippen LogP contribution in [-0.4, -0.2) is 6.61 Å². The Bertz CT molecular complexity index is 699. The van der Waals surface area contributed by atoms with Crippen LogP contribution >= 0.6 is 0 Å². The molecule has 0 radical (unpaired) electrons. The fraction of sp³-hybridized carbons (Fsp3) is 0.304. The molecule has 0 heterocycles. The van der Waals surface area contributed by atoms with E-state index >= 15 is 0 Å². The summed E-state index contributed by atoms with van der Waals surface area (Å²) >= 11 is 0. The van der Waals surface area contributed by atoms with Crippen LogP contribution in [0, 0.1) is 6.92 Å². The van der Waals surface area contributed by atoms with Gasteiger partial charge in [-0.2, -0.15) is 0 Å². The molecule has 25 heavy (non-hydrogen) atoms. The van der Waals surface area contributed by atoms with Crippen LogP contribution in [0.1, 0.15) is 37.8 Å². The lowest BCUT2D eigenvalue weighted by molar-refractivity contribution is 0.301. The third kappa shape index (κ3) is 6.50. The van der Waals surface area contributed by atoms with Crippen LogP contribution in [0.25, 0.3) is 0 Å². The molecule has 0 amide bonds. The predicted octanol–water partition coefficient (Wildman–Crippen LogP) is 6.26. The smallest absolute Gasteiger partial charge is 0.123 e. The Morgan fingerprint density at radius 2 is 1.52 bits per heavy atom. The lowest BCUT2D eigenvalue weighted by Crippen LogP contribution is -2.02. The van der Waals surface area contributed by atoms with Crippen molar-refractivity contribution < 1.29 is 9.47 Å². The van der Waals surface area contributed by atoms with Gasteiger partial charge in [0.2, 0.25) is 0 Å². The van der Waals surface area contributed by atoms with Crippen LogP contribution in [-0.2, 0) is 6.61 Å². The minimum atomic E-state index is 0.567. The Morgan fingerprint density at radius 3 is 2.16 bits per heavy atom. The number of allylic oxidation sites excluding steroid dienone is 2. The third-order valence-electron chi connectivity index (χ3n) is 3.75.